The van der Waals surface area contributed by atoms with E-state index in [4.69, 9.17) is 15.2 Å². The summed E-state index contributed by atoms with van der Waals surface area (Å²) in [6.07, 6.45) is 1.50. The molecule has 1 saturated heterocycles. The molecule has 10 rings (SSSR count). The fourth-order valence-corrected chi connectivity index (χ4v) is 13.1. The summed E-state index contributed by atoms with van der Waals surface area (Å²) in [6.45, 7) is 4.45. The van der Waals surface area contributed by atoms with E-state index in [9.17, 15) is 43.5 Å². The Hall–Kier alpha value is -9.80. The van der Waals surface area contributed by atoms with Gasteiger partial charge in [-0.3, -0.25) is 52.7 Å². The Morgan fingerprint density at radius 2 is 1.34 bits per heavy atom. The molecular formula is C73H94FN13O14. The van der Waals surface area contributed by atoms with Gasteiger partial charge in [0.05, 0.1) is 19.3 Å². The van der Waals surface area contributed by atoms with Gasteiger partial charge in [0.25, 0.3) is 0 Å². The number of aromatic nitrogens is 1. The predicted octanol–water partition coefficient (Wildman–Crippen LogP) is 1.29. The highest BCUT2D eigenvalue weighted by atomic mass is 19.1. The van der Waals surface area contributed by atoms with Crippen LogP contribution in [-0.4, -0.2) is 185 Å². The summed E-state index contributed by atoms with van der Waals surface area (Å²) in [5, 5.41) is 36.6. The number of hydrogen-bond donors (Lipinski definition) is 11. The highest BCUT2D eigenvalue weighted by Gasteiger charge is 2.47. The van der Waals surface area contributed by atoms with Gasteiger partial charge in [0.2, 0.25) is 65.0 Å². The zero-order valence-corrected chi connectivity index (χ0v) is 57.6. The first-order valence-electron chi connectivity index (χ1n) is 34.8. The molecule has 101 heavy (non-hydrogen) atoms. The number of benzene rings is 4. The lowest BCUT2D eigenvalue weighted by molar-refractivity contribution is -0.146. The summed E-state index contributed by atoms with van der Waals surface area (Å²) < 4.78 is 29.1. The molecule has 0 spiro atoms. The molecule has 12 N–H and O–H groups in total. The molecule has 542 valence electrons. The number of fused-ring (bicyclic) bond motifs is 22. The first-order valence-corrected chi connectivity index (χ1v) is 34.8. The lowest BCUT2D eigenvalue weighted by Crippen LogP contribution is -2.63. The number of rotatable bonds is 5. The van der Waals surface area contributed by atoms with Crippen LogP contribution in [0.2, 0.25) is 0 Å². The average molecular weight is 1400 g/mol. The number of carbonyl (C=O) groups excluding carboxylic acids is 11. The SMILES string of the molecule is COc1ccc(C[C@@H]2NC(=O)[C@H]([C@@H](C)O)NC(=O)[C@@H]3[C@@H]4CCN3C(=O)[C@@H]3Cc5cn(c6ccc(F)cc56)CCCCCCN(Cc5ccc(cc5)CCNC(=O)C(C)CCCNC2=O)C(=O)CCC(=O)N[C@@H](C)C(=O)N[C@H](CN)C(=O)N[C@@H](Cc2cccc(c2)CNC(=O)CO4)C(=O)N3)cc1. The van der Waals surface area contributed by atoms with Gasteiger partial charge in [-0.05, 0) is 116 Å². The van der Waals surface area contributed by atoms with E-state index in [2.05, 4.69) is 47.9 Å². The topological polar surface area (TPSA) is 372 Å². The van der Waals surface area contributed by atoms with Crippen LogP contribution in [0.15, 0.2) is 97.2 Å². The van der Waals surface area contributed by atoms with Gasteiger partial charge < -0.3 is 82.5 Å². The second-order valence-electron chi connectivity index (χ2n) is 26.6. The van der Waals surface area contributed by atoms with Gasteiger partial charge in [-0.1, -0.05) is 80.4 Å². The first kappa shape index (κ1) is 75.4. The fraction of sp³-hybridized carbons (Fsp3) is 0.493. The van der Waals surface area contributed by atoms with Crippen LogP contribution in [0.4, 0.5) is 4.39 Å². The molecule has 5 aromatic rings. The third-order valence-corrected chi connectivity index (χ3v) is 18.9. The minimum atomic E-state index is -1.79. The Morgan fingerprint density at radius 1 is 0.624 bits per heavy atom. The number of methoxy groups -OCH3 is 1. The van der Waals surface area contributed by atoms with E-state index < -0.39 is 133 Å². The summed E-state index contributed by atoms with van der Waals surface area (Å²) >= 11 is 0. The zero-order chi connectivity index (χ0) is 72.3. The maximum atomic E-state index is 16.0. The number of nitrogens with two attached hydrogens (primary N) is 1. The minimum absolute atomic E-state index is 0.0467. The van der Waals surface area contributed by atoms with Crippen molar-refractivity contribution in [3.63, 3.8) is 0 Å². The van der Waals surface area contributed by atoms with Gasteiger partial charge >= 0.3 is 0 Å². The predicted molar refractivity (Wildman–Crippen MR) is 370 cm³/mol. The highest BCUT2D eigenvalue weighted by Crippen LogP contribution is 2.29. The molecule has 10 atom stereocenters. The van der Waals surface area contributed by atoms with Crippen molar-refractivity contribution in [2.75, 3.05) is 46.4 Å². The number of halogens is 1. The normalized spacial score (nSPS) is 25.2. The zero-order valence-electron chi connectivity index (χ0n) is 57.6. The maximum Gasteiger partial charge on any atom is 0.246 e. The molecule has 1 unspecified atom stereocenters. The molecule has 12 bridgehead atoms. The molecule has 6 heterocycles. The molecule has 0 saturated carbocycles. The molecule has 5 aliphatic rings. The molecule has 1 fully saturated rings. The van der Waals surface area contributed by atoms with E-state index in [1.54, 1.807) is 72.6 Å². The Kier molecular flexibility index (Phi) is 26.9. The lowest BCUT2D eigenvalue weighted by atomic mass is 10.00. The van der Waals surface area contributed by atoms with E-state index in [1.165, 1.54) is 33.1 Å². The number of aliphatic hydroxyl groups excluding tert-OH is 1. The summed E-state index contributed by atoms with van der Waals surface area (Å²) in [4.78, 5) is 162. The number of aryl methyl sites for hydroxylation is 1. The number of amides is 11. The first-order chi connectivity index (χ1) is 48.5. The Labute approximate surface area is 586 Å². The molecule has 0 aliphatic carbocycles. The van der Waals surface area contributed by atoms with Crippen molar-refractivity contribution in [3.8, 4) is 5.75 Å². The van der Waals surface area contributed by atoms with Crippen LogP contribution < -0.4 is 58.3 Å². The van der Waals surface area contributed by atoms with Crippen molar-refractivity contribution in [1.82, 2.24) is 62.2 Å². The van der Waals surface area contributed by atoms with Crippen LogP contribution in [-0.2, 0) is 103 Å². The number of hydrogen-bond acceptors (Lipinski definition) is 15. The standard InChI is InChI=1S/C73H94FN13O14/c1-43-11-10-28-76-68(94)55(34-47-18-21-53(100-4)22-19-47)81-71(97)64(45(3)88)84-72(98)65-60-27-32-87(65)73(99)57-36-51-41-85(59-23-20-52(74)37-54(51)59)30-7-5-6-8-31-86(40-48-16-14-46(15-17-48)26-29-77-66(43)92)63(91)25-24-61(89)79-44(2)67(93)83-58(38-75)70(96)80-56(69(95)82-57)35-49-12-9-13-50(33-49)39-78-62(90)42-101-60/h9,12-23,33,37,41,43-45,55-58,60,64-65,88H,5-8,10-11,24-32,34-36,38-40,42,75H2,1-4H3,(H,76,94)(H,77,92)(H,78,90)(H,79,89)(H,80,96)(H,81,97)(H,82,95)(H,83,93)(H,84,98)/t43?,44-,45+,55-,56-,57-,58+,60-,64-,65-/m0/s1. The lowest BCUT2D eigenvalue weighted by Gasteiger charge is -2.33. The van der Waals surface area contributed by atoms with Gasteiger partial charge in [-0.2, -0.15) is 0 Å². The average Bonchev–Trinajstić information content (AvgIpc) is 1.65. The van der Waals surface area contributed by atoms with Crippen molar-refractivity contribution in [2.24, 2.45) is 11.7 Å². The van der Waals surface area contributed by atoms with Crippen LogP contribution in [0.1, 0.15) is 112 Å². The molecule has 0 radical (unpaired) electrons. The Balaban J connectivity index is 1.12. The van der Waals surface area contributed by atoms with Crippen LogP contribution in [0, 0.1) is 11.7 Å². The molecule has 4 aromatic carbocycles. The largest absolute Gasteiger partial charge is 0.497 e. The van der Waals surface area contributed by atoms with Gasteiger partial charge in [0.15, 0.2) is 0 Å². The van der Waals surface area contributed by atoms with Gasteiger partial charge in [0, 0.05) is 107 Å². The molecule has 5 aliphatic heterocycles. The molecule has 1 aromatic heterocycles. The van der Waals surface area contributed by atoms with Crippen LogP contribution >= 0.6 is 0 Å². The van der Waals surface area contributed by atoms with Crippen molar-refractivity contribution < 1.29 is 71.7 Å². The second kappa shape index (κ2) is 36.0. The van der Waals surface area contributed by atoms with Crippen LogP contribution in [0.25, 0.3) is 10.9 Å². The van der Waals surface area contributed by atoms with Gasteiger partial charge in [0.1, 0.15) is 60.5 Å². The number of aliphatic hydroxyl groups is 1. The van der Waals surface area contributed by atoms with Crippen molar-refractivity contribution in [2.45, 2.75) is 178 Å². The maximum absolute atomic E-state index is 16.0. The smallest absolute Gasteiger partial charge is 0.246 e. The number of ether oxygens (including phenoxy) is 2. The van der Waals surface area contributed by atoms with E-state index in [-0.39, 0.29) is 76.5 Å². The van der Waals surface area contributed by atoms with E-state index in [0.717, 1.165) is 16.0 Å². The van der Waals surface area contributed by atoms with E-state index in [0.29, 0.717) is 103 Å². The molecule has 27 nitrogen and oxygen atoms in total. The van der Waals surface area contributed by atoms with Crippen molar-refractivity contribution >= 4 is 75.9 Å². The fourth-order valence-electron chi connectivity index (χ4n) is 13.1. The summed E-state index contributed by atoms with van der Waals surface area (Å²) in [6, 6.07) is 14.7. The Bertz CT molecular complexity index is 3790. The monoisotopic (exact) mass is 1400 g/mol. The highest BCUT2D eigenvalue weighted by molar-refractivity contribution is 5.99. The Morgan fingerprint density at radius 3 is 2.08 bits per heavy atom. The minimum Gasteiger partial charge on any atom is -0.497 e. The summed E-state index contributed by atoms with van der Waals surface area (Å²) in [7, 11) is 1.50. The summed E-state index contributed by atoms with van der Waals surface area (Å²) in [5.74, 6) is -8.41. The van der Waals surface area contributed by atoms with Crippen LogP contribution in [0.5, 0.6) is 5.75 Å². The number of nitrogens with zero attached hydrogens (tertiary/aromatic N) is 3. The third-order valence-electron chi connectivity index (χ3n) is 18.9. The third kappa shape index (κ3) is 20.9. The van der Waals surface area contributed by atoms with Crippen LogP contribution in [0.3, 0.4) is 0 Å². The second-order valence-corrected chi connectivity index (χ2v) is 26.6. The van der Waals surface area contributed by atoms with E-state index >= 15 is 18.8 Å². The number of nitrogens with one attached hydrogen (secondary N) is 9. The van der Waals surface area contributed by atoms with Gasteiger partial charge in [-0.25, -0.2) is 4.39 Å². The quantitative estimate of drug-likeness (QED) is 0.111. The summed E-state index contributed by atoms with van der Waals surface area (Å²) in [5.41, 5.74) is 10.6. The molecule has 11 amide bonds. The van der Waals surface area contributed by atoms with Crippen molar-refractivity contribution in [1.29, 1.82) is 0 Å². The van der Waals surface area contributed by atoms with E-state index in [1.807, 2.05) is 28.8 Å². The van der Waals surface area contributed by atoms with Crippen molar-refractivity contribution in [3.05, 3.63) is 136 Å². The number of carbonyl (C=O) groups is 11. The van der Waals surface area contributed by atoms with Gasteiger partial charge in [-0.15, -0.1) is 0 Å². The molecular weight excluding hydrogens is 1300 g/mol. The molecule has 28 heteroatoms.